The molecule has 0 unspecified atom stereocenters. The van der Waals surface area contributed by atoms with Gasteiger partial charge in [-0.3, -0.25) is 4.79 Å². The molecule has 0 radical (unpaired) electrons. The zero-order valence-corrected chi connectivity index (χ0v) is 9.55. The van der Waals surface area contributed by atoms with Gasteiger partial charge in [-0.1, -0.05) is 33.3 Å². The van der Waals surface area contributed by atoms with Crippen molar-refractivity contribution in [2.24, 2.45) is 5.41 Å². The van der Waals surface area contributed by atoms with Gasteiger partial charge in [-0.05, 0) is 25.2 Å². The van der Waals surface area contributed by atoms with Gasteiger partial charge in [0.15, 0.2) is 5.78 Å². The van der Waals surface area contributed by atoms with E-state index in [0.717, 1.165) is 12.8 Å². The molecular formula is C12H19NO. The van der Waals surface area contributed by atoms with Crippen LogP contribution in [0.25, 0.3) is 0 Å². The first-order valence-electron chi connectivity index (χ1n) is 5.21. The Bertz CT molecular complexity index is 267. The summed E-state index contributed by atoms with van der Waals surface area (Å²) < 4.78 is 0. The molecule has 1 fully saturated rings. The van der Waals surface area contributed by atoms with E-state index in [1.54, 1.807) is 0 Å². The number of carbonyl (C=O) groups excluding carboxylic acids is 1. The third kappa shape index (κ3) is 3.33. The lowest BCUT2D eigenvalue weighted by atomic mass is 9.69. The summed E-state index contributed by atoms with van der Waals surface area (Å²) >= 11 is 0. The van der Waals surface area contributed by atoms with Crippen molar-refractivity contribution < 1.29 is 4.79 Å². The van der Waals surface area contributed by atoms with Gasteiger partial charge in [0.25, 0.3) is 0 Å². The first kappa shape index (κ1) is 12.9. The lowest BCUT2D eigenvalue weighted by Crippen LogP contribution is -2.23. The minimum atomic E-state index is -0.120. The van der Waals surface area contributed by atoms with Crippen LogP contribution in [0.1, 0.15) is 47.0 Å². The van der Waals surface area contributed by atoms with Crippen LogP contribution in [0.5, 0.6) is 0 Å². The van der Waals surface area contributed by atoms with Gasteiger partial charge < -0.3 is 0 Å². The molecular weight excluding hydrogens is 174 g/mol. The van der Waals surface area contributed by atoms with E-state index in [1.165, 1.54) is 13.3 Å². The monoisotopic (exact) mass is 193 g/mol. The highest BCUT2D eigenvalue weighted by molar-refractivity contribution is 5.97. The van der Waals surface area contributed by atoms with Crippen molar-refractivity contribution in [3.63, 3.8) is 0 Å². The molecule has 1 aliphatic rings. The van der Waals surface area contributed by atoms with Crippen molar-refractivity contribution in [1.29, 1.82) is 5.26 Å². The normalized spacial score (nSPS) is 18.4. The Hall–Kier alpha value is -1.10. The average Bonchev–Trinajstić information content (AvgIpc) is 2.14. The topological polar surface area (TPSA) is 40.9 Å². The summed E-state index contributed by atoms with van der Waals surface area (Å²) in [5.74, 6) is -0.120. The molecule has 1 aliphatic carbocycles. The second-order valence-corrected chi connectivity index (χ2v) is 3.73. The molecule has 0 N–H and O–H groups in total. The Morgan fingerprint density at radius 2 is 1.93 bits per heavy atom. The second-order valence-electron chi connectivity index (χ2n) is 3.73. The predicted molar refractivity (Wildman–Crippen MR) is 57.7 cm³/mol. The minimum Gasteiger partial charge on any atom is -0.294 e. The summed E-state index contributed by atoms with van der Waals surface area (Å²) in [4.78, 5) is 10.9. The Balaban J connectivity index is 0.000000791. The highest BCUT2D eigenvalue weighted by Crippen LogP contribution is 2.42. The number of carbonyl (C=O) groups is 1. The summed E-state index contributed by atoms with van der Waals surface area (Å²) in [7, 11) is 0. The van der Waals surface area contributed by atoms with Crippen molar-refractivity contribution in [2.75, 3.05) is 0 Å². The van der Waals surface area contributed by atoms with Crippen LogP contribution < -0.4 is 0 Å². The fraction of sp³-hybridized carbons (Fsp3) is 0.667. The van der Waals surface area contributed by atoms with Gasteiger partial charge in [0.05, 0.1) is 5.57 Å². The molecule has 0 aromatic rings. The van der Waals surface area contributed by atoms with E-state index >= 15 is 0 Å². The largest absolute Gasteiger partial charge is 0.294 e. The molecule has 2 heteroatoms. The standard InChI is InChI=1S/C10H13NO.C2H6/c1-8(12)9(7-11)6-10(2)4-3-5-10;1-2/h6H,3-5H2,1-2H3;1-2H3/b9-6+;. The van der Waals surface area contributed by atoms with E-state index in [-0.39, 0.29) is 11.2 Å². The average molecular weight is 193 g/mol. The van der Waals surface area contributed by atoms with Gasteiger partial charge in [0.2, 0.25) is 0 Å². The van der Waals surface area contributed by atoms with Gasteiger partial charge in [-0.15, -0.1) is 0 Å². The fourth-order valence-electron chi connectivity index (χ4n) is 1.44. The molecule has 1 saturated carbocycles. The SMILES string of the molecule is CC.CC(=O)/C(C#N)=C/C1(C)CCC1. The van der Waals surface area contributed by atoms with E-state index < -0.39 is 0 Å². The van der Waals surface area contributed by atoms with Gasteiger partial charge in [-0.25, -0.2) is 0 Å². The molecule has 0 atom stereocenters. The zero-order chi connectivity index (χ0) is 11.2. The first-order valence-corrected chi connectivity index (χ1v) is 5.21. The van der Waals surface area contributed by atoms with Crippen LogP contribution in [0.4, 0.5) is 0 Å². The lowest BCUT2D eigenvalue weighted by Gasteiger charge is -2.35. The van der Waals surface area contributed by atoms with Crippen molar-refractivity contribution in [3.8, 4) is 6.07 Å². The molecule has 14 heavy (non-hydrogen) atoms. The summed E-state index contributed by atoms with van der Waals surface area (Å²) in [5.41, 5.74) is 0.439. The fourth-order valence-corrected chi connectivity index (χ4v) is 1.44. The van der Waals surface area contributed by atoms with Gasteiger partial charge in [0.1, 0.15) is 6.07 Å². The smallest absolute Gasteiger partial charge is 0.169 e. The predicted octanol–water partition coefficient (Wildman–Crippen LogP) is 3.24. The van der Waals surface area contributed by atoms with E-state index in [2.05, 4.69) is 6.92 Å². The maximum absolute atomic E-state index is 10.9. The van der Waals surface area contributed by atoms with E-state index in [0.29, 0.717) is 5.57 Å². The highest BCUT2D eigenvalue weighted by Gasteiger charge is 2.30. The Morgan fingerprint density at radius 3 is 2.14 bits per heavy atom. The maximum Gasteiger partial charge on any atom is 0.169 e. The molecule has 0 aromatic carbocycles. The highest BCUT2D eigenvalue weighted by atomic mass is 16.1. The third-order valence-corrected chi connectivity index (χ3v) is 2.49. The zero-order valence-electron chi connectivity index (χ0n) is 9.55. The van der Waals surface area contributed by atoms with Gasteiger partial charge in [0, 0.05) is 0 Å². The van der Waals surface area contributed by atoms with Gasteiger partial charge in [-0.2, -0.15) is 5.26 Å². The summed E-state index contributed by atoms with van der Waals surface area (Å²) in [6, 6.07) is 1.94. The van der Waals surface area contributed by atoms with E-state index in [9.17, 15) is 4.79 Å². The van der Waals surface area contributed by atoms with Crippen molar-refractivity contribution >= 4 is 5.78 Å². The van der Waals surface area contributed by atoms with Crippen LogP contribution >= 0.6 is 0 Å². The second kappa shape index (κ2) is 5.59. The molecule has 0 spiro atoms. The molecule has 2 nitrogen and oxygen atoms in total. The van der Waals surface area contributed by atoms with Crippen LogP contribution in [0.2, 0.25) is 0 Å². The number of nitriles is 1. The van der Waals surface area contributed by atoms with Crippen LogP contribution in [0.3, 0.4) is 0 Å². The molecule has 0 saturated heterocycles. The number of allylic oxidation sites excluding steroid dienone is 2. The molecule has 1 rings (SSSR count). The van der Waals surface area contributed by atoms with E-state index in [4.69, 9.17) is 5.26 Å². The quantitative estimate of drug-likeness (QED) is 0.499. The van der Waals surface area contributed by atoms with Crippen LogP contribution in [-0.4, -0.2) is 5.78 Å². The lowest BCUT2D eigenvalue weighted by molar-refractivity contribution is -0.113. The third-order valence-electron chi connectivity index (χ3n) is 2.49. The Morgan fingerprint density at radius 1 is 1.43 bits per heavy atom. The first-order chi connectivity index (χ1) is 6.57. The molecule has 0 heterocycles. The summed E-state index contributed by atoms with van der Waals surface area (Å²) in [6.45, 7) is 7.54. The summed E-state index contributed by atoms with van der Waals surface area (Å²) in [5, 5.41) is 8.64. The molecule has 0 bridgehead atoms. The number of nitrogens with zero attached hydrogens (tertiary/aromatic N) is 1. The number of Topliss-reactive ketones (excluding diaryl/α,β-unsaturated/α-hetero) is 1. The number of ketones is 1. The van der Waals surface area contributed by atoms with Crippen molar-refractivity contribution in [3.05, 3.63) is 11.6 Å². The molecule has 0 aromatic heterocycles. The molecule has 0 aliphatic heterocycles. The maximum atomic E-state index is 10.9. The van der Waals surface area contributed by atoms with Gasteiger partial charge >= 0.3 is 0 Å². The van der Waals surface area contributed by atoms with Crippen molar-refractivity contribution in [2.45, 2.75) is 47.0 Å². The number of hydrogen-bond donors (Lipinski definition) is 0. The molecule has 0 amide bonds. The van der Waals surface area contributed by atoms with Crippen LogP contribution in [0, 0.1) is 16.7 Å². The molecule has 78 valence electrons. The minimum absolute atomic E-state index is 0.120. The Labute approximate surface area is 86.6 Å². The Kier molecular flexibility index (Phi) is 5.15. The summed E-state index contributed by atoms with van der Waals surface area (Å²) in [6.07, 6.45) is 5.25. The van der Waals surface area contributed by atoms with Crippen LogP contribution in [-0.2, 0) is 4.79 Å². The van der Waals surface area contributed by atoms with Crippen molar-refractivity contribution in [1.82, 2.24) is 0 Å². The van der Waals surface area contributed by atoms with E-state index in [1.807, 2.05) is 26.0 Å². The number of hydrogen-bond acceptors (Lipinski definition) is 2. The number of rotatable bonds is 2. The van der Waals surface area contributed by atoms with Crippen LogP contribution in [0.15, 0.2) is 11.6 Å².